The Labute approximate surface area is 156 Å². The first-order chi connectivity index (χ1) is 12.5. The summed E-state index contributed by atoms with van der Waals surface area (Å²) < 4.78 is 32.6. The predicted molar refractivity (Wildman–Crippen MR) is 104 cm³/mol. The number of methoxy groups -OCH3 is 1. The fourth-order valence-electron chi connectivity index (χ4n) is 3.33. The molecule has 6 heteroatoms. The van der Waals surface area contributed by atoms with Crippen molar-refractivity contribution in [2.45, 2.75) is 12.5 Å². The van der Waals surface area contributed by atoms with E-state index in [1.165, 1.54) is 0 Å². The maximum absolute atomic E-state index is 12.8. The van der Waals surface area contributed by atoms with Crippen molar-refractivity contribution in [2.24, 2.45) is 0 Å². The van der Waals surface area contributed by atoms with Crippen LogP contribution in [0.2, 0.25) is 0 Å². The summed E-state index contributed by atoms with van der Waals surface area (Å²) >= 11 is 0. The van der Waals surface area contributed by atoms with Gasteiger partial charge >= 0.3 is 0 Å². The van der Waals surface area contributed by atoms with E-state index in [0.29, 0.717) is 26.1 Å². The first-order valence-corrected chi connectivity index (χ1v) is 10.5. The van der Waals surface area contributed by atoms with Crippen LogP contribution in [-0.2, 0) is 16.4 Å². The Morgan fingerprint density at radius 3 is 2.58 bits per heavy atom. The molecule has 0 amide bonds. The molecule has 2 aromatic rings. The van der Waals surface area contributed by atoms with Gasteiger partial charge in [0.25, 0.3) is 0 Å². The van der Waals surface area contributed by atoms with Crippen LogP contribution in [0.1, 0.15) is 17.2 Å². The number of likely N-dealkylation sites (N-methyl/N-ethyl adjacent to an activating group) is 1. The molecule has 0 aliphatic carbocycles. The highest BCUT2D eigenvalue weighted by atomic mass is 32.2. The number of sulfonamides is 1. The number of hydrogen-bond donors (Lipinski definition) is 0. The second-order valence-corrected chi connectivity index (χ2v) is 8.77. The van der Waals surface area contributed by atoms with Crippen LogP contribution in [0.3, 0.4) is 0 Å². The summed E-state index contributed by atoms with van der Waals surface area (Å²) in [7, 11) is 0.397. The fourth-order valence-corrected chi connectivity index (χ4v) is 4.81. The third-order valence-corrected chi connectivity index (χ3v) is 6.81. The van der Waals surface area contributed by atoms with E-state index < -0.39 is 10.0 Å². The van der Waals surface area contributed by atoms with Crippen LogP contribution in [0, 0.1) is 0 Å². The molecule has 1 fully saturated rings. The molecule has 1 saturated heterocycles. The average Bonchev–Trinajstić information content (AvgIpc) is 2.67. The van der Waals surface area contributed by atoms with E-state index in [-0.39, 0.29) is 11.8 Å². The van der Waals surface area contributed by atoms with Crippen LogP contribution in [0.5, 0.6) is 5.75 Å². The summed E-state index contributed by atoms with van der Waals surface area (Å²) in [6, 6.07) is 17.7. The lowest BCUT2D eigenvalue weighted by Gasteiger charge is -2.39. The molecule has 1 atom stereocenters. The van der Waals surface area contributed by atoms with Crippen molar-refractivity contribution in [3.63, 3.8) is 0 Å². The zero-order valence-corrected chi connectivity index (χ0v) is 16.2. The number of aryl methyl sites for hydroxylation is 1. The van der Waals surface area contributed by atoms with Crippen LogP contribution in [0.15, 0.2) is 54.6 Å². The summed E-state index contributed by atoms with van der Waals surface area (Å²) in [5.41, 5.74) is 2.13. The third-order valence-electron chi connectivity index (χ3n) is 4.97. The molecule has 1 heterocycles. The summed E-state index contributed by atoms with van der Waals surface area (Å²) in [6.45, 7) is 1.72. The van der Waals surface area contributed by atoms with Gasteiger partial charge < -0.3 is 4.74 Å². The first kappa shape index (κ1) is 18.9. The van der Waals surface area contributed by atoms with Gasteiger partial charge in [0, 0.05) is 25.7 Å². The third kappa shape index (κ3) is 4.44. The van der Waals surface area contributed by atoms with Crippen LogP contribution < -0.4 is 4.74 Å². The second-order valence-electron chi connectivity index (χ2n) is 6.68. The molecule has 2 aromatic carbocycles. The number of ether oxygens (including phenoxy) is 1. The van der Waals surface area contributed by atoms with Crippen molar-refractivity contribution in [3.8, 4) is 5.75 Å². The lowest BCUT2D eigenvalue weighted by atomic mass is 10.0. The number of nitrogens with zero attached hydrogens (tertiary/aromatic N) is 2. The van der Waals surface area contributed by atoms with E-state index >= 15 is 0 Å². The van der Waals surface area contributed by atoms with Gasteiger partial charge in [-0.1, -0.05) is 42.5 Å². The quantitative estimate of drug-likeness (QED) is 0.780. The zero-order valence-electron chi connectivity index (χ0n) is 15.3. The smallest absolute Gasteiger partial charge is 0.214 e. The molecule has 0 spiro atoms. The average molecular weight is 375 g/mol. The standard InChI is InChI=1S/C20H26N2O3S/c1-21-12-13-22(16-20(21)18-9-6-10-19(15-18)25-2)26(23,24)14-11-17-7-4-3-5-8-17/h3-10,15,20H,11-14,16H2,1-2H3. The van der Waals surface area contributed by atoms with Crippen molar-refractivity contribution in [1.29, 1.82) is 0 Å². The van der Waals surface area contributed by atoms with Crippen molar-refractivity contribution >= 4 is 10.0 Å². The molecule has 0 bridgehead atoms. The molecule has 0 radical (unpaired) electrons. The normalized spacial score (nSPS) is 19.4. The Morgan fingerprint density at radius 1 is 1.08 bits per heavy atom. The van der Waals surface area contributed by atoms with Crippen LogP contribution in [-0.4, -0.2) is 57.2 Å². The van der Waals surface area contributed by atoms with Gasteiger partial charge in [0.2, 0.25) is 10.0 Å². The molecule has 1 aliphatic heterocycles. The summed E-state index contributed by atoms with van der Waals surface area (Å²) in [5, 5.41) is 0. The Kier molecular flexibility index (Phi) is 5.96. The minimum atomic E-state index is -3.29. The molecule has 0 aromatic heterocycles. The number of rotatable bonds is 6. The fraction of sp³-hybridized carbons (Fsp3) is 0.400. The Bertz CT molecular complexity index is 824. The lowest BCUT2D eigenvalue weighted by Crippen LogP contribution is -2.49. The van der Waals surface area contributed by atoms with Gasteiger partial charge in [0.15, 0.2) is 0 Å². The molecule has 1 aliphatic rings. The molecule has 3 rings (SSSR count). The van der Waals surface area contributed by atoms with Gasteiger partial charge in [-0.2, -0.15) is 4.31 Å². The number of piperazine rings is 1. The maximum atomic E-state index is 12.8. The van der Waals surface area contributed by atoms with Crippen molar-refractivity contribution < 1.29 is 13.2 Å². The number of hydrogen-bond acceptors (Lipinski definition) is 4. The molecular formula is C20H26N2O3S. The SMILES string of the molecule is COc1cccc(C2CN(S(=O)(=O)CCc3ccccc3)CCN2C)c1. The molecule has 0 saturated carbocycles. The van der Waals surface area contributed by atoms with Gasteiger partial charge in [0.1, 0.15) is 5.75 Å². The highest BCUT2D eigenvalue weighted by molar-refractivity contribution is 7.89. The van der Waals surface area contributed by atoms with Gasteiger partial charge in [-0.3, -0.25) is 4.90 Å². The monoisotopic (exact) mass is 374 g/mol. The summed E-state index contributed by atoms with van der Waals surface area (Å²) in [4.78, 5) is 2.21. The molecule has 140 valence electrons. The highest BCUT2D eigenvalue weighted by Gasteiger charge is 2.32. The van der Waals surface area contributed by atoms with E-state index in [9.17, 15) is 8.42 Å². The molecule has 1 unspecified atom stereocenters. The van der Waals surface area contributed by atoms with E-state index in [1.54, 1.807) is 11.4 Å². The molecular weight excluding hydrogens is 348 g/mol. The topological polar surface area (TPSA) is 49.9 Å². The van der Waals surface area contributed by atoms with E-state index in [4.69, 9.17) is 4.74 Å². The van der Waals surface area contributed by atoms with Gasteiger partial charge in [-0.05, 0) is 36.7 Å². The van der Waals surface area contributed by atoms with Crippen LogP contribution in [0.25, 0.3) is 0 Å². The molecule has 0 N–H and O–H groups in total. The lowest BCUT2D eigenvalue weighted by molar-refractivity contribution is 0.148. The van der Waals surface area contributed by atoms with Crippen LogP contribution >= 0.6 is 0 Å². The van der Waals surface area contributed by atoms with Crippen LogP contribution in [0.4, 0.5) is 0 Å². The summed E-state index contributed by atoms with van der Waals surface area (Å²) in [5.74, 6) is 0.936. The van der Waals surface area contributed by atoms with Gasteiger partial charge in [0.05, 0.1) is 12.9 Å². The van der Waals surface area contributed by atoms with Gasteiger partial charge in [-0.25, -0.2) is 8.42 Å². The minimum Gasteiger partial charge on any atom is -0.497 e. The summed E-state index contributed by atoms with van der Waals surface area (Å²) in [6.07, 6.45) is 0.541. The molecule has 26 heavy (non-hydrogen) atoms. The van der Waals surface area contributed by atoms with Crippen molar-refractivity contribution in [2.75, 3.05) is 39.5 Å². The van der Waals surface area contributed by atoms with Crippen molar-refractivity contribution in [1.82, 2.24) is 9.21 Å². The predicted octanol–water partition coefficient (Wildman–Crippen LogP) is 2.56. The largest absolute Gasteiger partial charge is 0.497 e. The Hall–Kier alpha value is -1.89. The first-order valence-electron chi connectivity index (χ1n) is 8.85. The van der Waals surface area contributed by atoms with E-state index in [2.05, 4.69) is 4.90 Å². The minimum absolute atomic E-state index is 0.0327. The van der Waals surface area contributed by atoms with E-state index in [0.717, 1.165) is 16.9 Å². The Balaban J connectivity index is 1.72. The second kappa shape index (κ2) is 8.20. The zero-order chi connectivity index (χ0) is 18.6. The molecule has 5 nitrogen and oxygen atoms in total. The highest BCUT2D eigenvalue weighted by Crippen LogP contribution is 2.28. The van der Waals surface area contributed by atoms with Crippen molar-refractivity contribution in [3.05, 3.63) is 65.7 Å². The maximum Gasteiger partial charge on any atom is 0.214 e. The van der Waals surface area contributed by atoms with E-state index in [1.807, 2.05) is 61.6 Å². The van der Waals surface area contributed by atoms with Gasteiger partial charge in [-0.15, -0.1) is 0 Å². The Morgan fingerprint density at radius 2 is 1.85 bits per heavy atom. The number of benzene rings is 2.